The molecule has 1 fully saturated rings. The highest BCUT2D eigenvalue weighted by atomic mass is 32.2. The van der Waals surface area contributed by atoms with Crippen molar-refractivity contribution in [2.45, 2.75) is 44.2 Å². The Hall–Kier alpha value is -3.01. The van der Waals surface area contributed by atoms with E-state index in [4.69, 9.17) is 4.74 Å². The number of nitrogens with one attached hydrogen (secondary N) is 2. The Balaban J connectivity index is 1.44. The second kappa shape index (κ2) is 9.86. The van der Waals surface area contributed by atoms with Gasteiger partial charge in [0.25, 0.3) is 5.91 Å². The molecular weight excluding hydrogens is 440 g/mol. The second-order valence-corrected chi connectivity index (χ2v) is 9.86. The van der Waals surface area contributed by atoms with Crippen molar-refractivity contribution in [2.24, 2.45) is 0 Å². The molecule has 2 heterocycles. The first-order valence-electron chi connectivity index (χ1n) is 11.0. The fraction of sp³-hybridized carbons (Fsp3) is 0.333. The number of carbonyl (C=O) groups is 1. The third-order valence-electron chi connectivity index (χ3n) is 5.80. The Morgan fingerprint density at radius 3 is 2.67 bits per heavy atom. The van der Waals surface area contributed by atoms with Gasteiger partial charge in [-0.3, -0.25) is 4.79 Å². The molecule has 174 valence electrons. The molecule has 9 heteroatoms. The Kier molecular flexibility index (Phi) is 6.92. The van der Waals surface area contributed by atoms with Gasteiger partial charge >= 0.3 is 0 Å². The zero-order valence-corrected chi connectivity index (χ0v) is 19.6. The summed E-state index contributed by atoms with van der Waals surface area (Å²) in [5, 5.41) is 7.49. The van der Waals surface area contributed by atoms with Gasteiger partial charge in [-0.05, 0) is 57.0 Å². The first kappa shape index (κ1) is 23.2. The summed E-state index contributed by atoms with van der Waals surface area (Å²) in [6.07, 6.45) is 1.67. The molecule has 2 aromatic carbocycles. The van der Waals surface area contributed by atoms with Crippen molar-refractivity contribution >= 4 is 15.9 Å². The molecule has 33 heavy (non-hydrogen) atoms. The van der Waals surface area contributed by atoms with Gasteiger partial charge in [-0.1, -0.05) is 24.3 Å². The molecule has 1 saturated heterocycles. The summed E-state index contributed by atoms with van der Waals surface area (Å²) in [4.78, 5) is 12.8. The van der Waals surface area contributed by atoms with Crippen molar-refractivity contribution in [3.63, 3.8) is 0 Å². The van der Waals surface area contributed by atoms with Gasteiger partial charge in [-0.15, -0.1) is 0 Å². The largest absolute Gasteiger partial charge is 0.377 e. The van der Waals surface area contributed by atoms with Crippen molar-refractivity contribution in [1.82, 2.24) is 19.8 Å². The molecule has 4 rings (SSSR count). The lowest BCUT2D eigenvalue weighted by atomic mass is 10.1. The minimum absolute atomic E-state index is 0.0532. The van der Waals surface area contributed by atoms with E-state index in [0.29, 0.717) is 6.61 Å². The van der Waals surface area contributed by atoms with Gasteiger partial charge in [0.05, 0.1) is 22.4 Å². The van der Waals surface area contributed by atoms with E-state index in [-0.39, 0.29) is 35.6 Å². The van der Waals surface area contributed by atoms with Crippen molar-refractivity contribution in [3.05, 3.63) is 77.1 Å². The number of hydrogen-bond acceptors (Lipinski definition) is 5. The van der Waals surface area contributed by atoms with Crippen molar-refractivity contribution < 1.29 is 17.9 Å². The van der Waals surface area contributed by atoms with Crippen LogP contribution in [0.3, 0.4) is 0 Å². The average molecular weight is 469 g/mol. The van der Waals surface area contributed by atoms with Crippen LogP contribution in [0.5, 0.6) is 0 Å². The maximum Gasteiger partial charge on any atom is 0.251 e. The molecule has 0 radical (unpaired) electrons. The van der Waals surface area contributed by atoms with Crippen LogP contribution in [-0.2, 0) is 21.3 Å². The van der Waals surface area contributed by atoms with Crippen LogP contribution in [0.25, 0.3) is 5.69 Å². The number of aryl methyl sites for hydroxylation is 1. The van der Waals surface area contributed by atoms with Gasteiger partial charge in [-0.2, -0.15) is 5.10 Å². The van der Waals surface area contributed by atoms with Gasteiger partial charge in [-0.25, -0.2) is 17.8 Å². The Bertz CT molecular complexity index is 1230. The molecule has 1 amide bonds. The standard InChI is InChI=1S/C24H28N4O4S/c1-17-23(18(2)28(27-17)20-9-4-3-5-10-20)16-25-24(29)19-8-6-12-22(14-19)33(30,31)26-15-21-11-7-13-32-21/h3-6,8-10,12,14,21,26H,7,11,13,15-16H2,1-2H3,(H,25,29). The van der Waals surface area contributed by atoms with Gasteiger partial charge in [0, 0.05) is 36.5 Å². The smallest absolute Gasteiger partial charge is 0.251 e. The van der Waals surface area contributed by atoms with E-state index in [1.165, 1.54) is 12.1 Å². The van der Waals surface area contributed by atoms with E-state index in [1.807, 2.05) is 48.9 Å². The number of para-hydroxylation sites is 1. The zero-order valence-electron chi connectivity index (χ0n) is 18.7. The number of aromatic nitrogens is 2. The van der Waals surface area contributed by atoms with Gasteiger partial charge in [0.2, 0.25) is 10.0 Å². The highest BCUT2D eigenvalue weighted by Crippen LogP contribution is 2.18. The number of rotatable bonds is 8. The molecule has 0 aliphatic carbocycles. The summed E-state index contributed by atoms with van der Waals surface area (Å²) in [5.41, 5.74) is 3.92. The Labute approximate surface area is 194 Å². The molecule has 2 N–H and O–H groups in total. The van der Waals surface area contributed by atoms with Crippen LogP contribution in [0.1, 0.15) is 40.2 Å². The van der Waals surface area contributed by atoms with E-state index in [0.717, 1.165) is 35.5 Å². The minimum atomic E-state index is -3.73. The molecule has 1 aromatic heterocycles. The number of ether oxygens (including phenoxy) is 1. The average Bonchev–Trinajstić information content (AvgIpc) is 3.45. The zero-order chi connectivity index (χ0) is 23.4. The Morgan fingerprint density at radius 1 is 1.15 bits per heavy atom. The maximum atomic E-state index is 12.8. The molecule has 1 aliphatic heterocycles. The molecule has 1 atom stereocenters. The molecule has 1 unspecified atom stereocenters. The third-order valence-corrected chi connectivity index (χ3v) is 7.22. The summed E-state index contributed by atoms with van der Waals surface area (Å²) >= 11 is 0. The second-order valence-electron chi connectivity index (χ2n) is 8.09. The minimum Gasteiger partial charge on any atom is -0.377 e. The van der Waals surface area contributed by atoms with Crippen LogP contribution >= 0.6 is 0 Å². The topological polar surface area (TPSA) is 102 Å². The summed E-state index contributed by atoms with van der Waals surface area (Å²) in [7, 11) is -3.73. The number of hydrogen-bond donors (Lipinski definition) is 2. The molecule has 8 nitrogen and oxygen atoms in total. The summed E-state index contributed by atoms with van der Waals surface area (Å²) in [6.45, 7) is 5.04. The molecule has 0 saturated carbocycles. The predicted molar refractivity (Wildman–Crippen MR) is 125 cm³/mol. The van der Waals surface area contributed by atoms with Crippen molar-refractivity contribution in [1.29, 1.82) is 0 Å². The fourth-order valence-electron chi connectivity index (χ4n) is 3.92. The quantitative estimate of drug-likeness (QED) is 0.529. The first-order chi connectivity index (χ1) is 15.8. The summed E-state index contributed by atoms with van der Waals surface area (Å²) in [6, 6.07) is 15.8. The lowest BCUT2D eigenvalue weighted by Gasteiger charge is -2.12. The fourth-order valence-corrected chi connectivity index (χ4v) is 5.03. The van der Waals surface area contributed by atoms with E-state index in [9.17, 15) is 13.2 Å². The van der Waals surface area contributed by atoms with Crippen molar-refractivity contribution in [3.8, 4) is 5.69 Å². The van der Waals surface area contributed by atoms with Crippen LogP contribution in [-0.4, -0.2) is 43.4 Å². The number of nitrogens with zero attached hydrogens (tertiary/aromatic N) is 2. The lowest BCUT2D eigenvalue weighted by Crippen LogP contribution is -2.32. The normalized spacial score (nSPS) is 16.1. The van der Waals surface area contributed by atoms with Crippen LogP contribution < -0.4 is 10.0 Å². The number of carbonyl (C=O) groups excluding carboxylic acids is 1. The molecule has 0 spiro atoms. The third kappa shape index (κ3) is 5.32. The summed E-state index contributed by atoms with van der Waals surface area (Å²) < 4.78 is 35.2. The maximum absolute atomic E-state index is 12.8. The van der Waals surface area contributed by atoms with Gasteiger partial charge in [0.15, 0.2) is 0 Å². The lowest BCUT2D eigenvalue weighted by molar-refractivity contribution is 0.0950. The predicted octanol–water partition coefficient (Wildman–Crippen LogP) is 2.88. The highest BCUT2D eigenvalue weighted by molar-refractivity contribution is 7.89. The molecule has 1 aliphatic rings. The van der Waals surface area contributed by atoms with E-state index in [2.05, 4.69) is 15.1 Å². The molecule has 0 bridgehead atoms. The van der Waals surface area contributed by atoms with Crippen LogP contribution in [0.15, 0.2) is 59.5 Å². The highest BCUT2D eigenvalue weighted by Gasteiger charge is 2.21. The van der Waals surface area contributed by atoms with E-state index in [1.54, 1.807) is 12.1 Å². The van der Waals surface area contributed by atoms with Gasteiger partial charge in [0.1, 0.15) is 0 Å². The van der Waals surface area contributed by atoms with E-state index >= 15 is 0 Å². The van der Waals surface area contributed by atoms with Crippen molar-refractivity contribution in [2.75, 3.05) is 13.2 Å². The molecule has 3 aromatic rings. The number of sulfonamides is 1. The van der Waals surface area contributed by atoms with Crippen LogP contribution in [0.4, 0.5) is 0 Å². The Morgan fingerprint density at radius 2 is 1.94 bits per heavy atom. The van der Waals surface area contributed by atoms with Gasteiger partial charge < -0.3 is 10.1 Å². The first-order valence-corrected chi connectivity index (χ1v) is 12.4. The summed E-state index contributed by atoms with van der Waals surface area (Å²) in [5.74, 6) is -0.350. The van der Waals surface area contributed by atoms with Crippen LogP contribution in [0.2, 0.25) is 0 Å². The monoisotopic (exact) mass is 468 g/mol. The molecular formula is C24H28N4O4S. The number of amides is 1. The SMILES string of the molecule is Cc1nn(-c2ccccc2)c(C)c1CNC(=O)c1cccc(S(=O)(=O)NCC2CCCO2)c1. The van der Waals surface area contributed by atoms with Crippen LogP contribution in [0, 0.1) is 13.8 Å². The number of benzene rings is 2. The van der Waals surface area contributed by atoms with E-state index < -0.39 is 10.0 Å².